The van der Waals surface area contributed by atoms with Gasteiger partial charge in [-0.05, 0) is 24.5 Å². The lowest BCUT2D eigenvalue weighted by molar-refractivity contribution is -0.146. The molecule has 2 heterocycles. The molecule has 1 saturated heterocycles. The minimum absolute atomic E-state index is 0.0454. The van der Waals surface area contributed by atoms with Gasteiger partial charge in [-0.2, -0.15) is 13.2 Å². The van der Waals surface area contributed by atoms with Gasteiger partial charge in [-0.1, -0.05) is 32.0 Å². The van der Waals surface area contributed by atoms with E-state index in [9.17, 15) is 22.8 Å². The molecule has 1 fully saturated rings. The molecule has 2 amide bonds. The van der Waals surface area contributed by atoms with Gasteiger partial charge in [0.2, 0.25) is 11.8 Å². The van der Waals surface area contributed by atoms with Crippen LogP contribution in [-0.4, -0.2) is 34.8 Å². The van der Waals surface area contributed by atoms with E-state index in [1.165, 1.54) is 34.4 Å². The topological polar surface area (TPSA) is 62.3 Å². The fourth-order valence-corrected chi connectivity index (χ4v) is 4.62. The van der Waals surface area contributed by atoms with E-state index in [0.29, 0.717) is 5.01 Å². The molecule has 5 nitrogen and oxygen atoms in total. The van der Waals surface area contributed by atoms with E-state index in [-0.39, 0.29) is 31.0 Å². The number of aromatic nitrogens is 1. The molecule has 156 valence electrons. The number of hydrogen-bond acceptors (Lipinski definition) is 4. The molecular weight excluding hydrogens is 403 g/mol. The van der Waals surface area contributed by atoms with Crippen molar-refractivity contribution in [3.63, 3.8) is 0 Å². The van der Waals surface area contributed by atoms with Crippen LogP contribution in [0.25, 0.3) is 0 Å². The van der Waals surface area contributed by atoms with E-state index in [1.54, 1.807) is 0 Å². The van der Waals surface area contributed by atoms with E-state index in [2.05, 4.69) is 10.3 Å². The lowest BCUT2D eigenvalue weighted by Gasteiger charge is -2.36. The number of hydrogen-bond donors (Lipinski definition) is 1. The average Bonchev–Trinajstić information content (AvgIpc) is 3.01. The van der Waals surface area contributed by atoms with Gasteiger partial charge in [0.05, 0.1) is 17.7 Å². The second-order valence-corrected chi connectivity index (χ2v) is 8.53. The molecule has 29 heavy (non-hydrogen) atoms. The number of thiazole rings is 1. The van der Waals surface area contributed by atoms with Gasteiger partial charge in [0.1, 0.15) is 11.0 Å². The molecule has 1 aromatic carbocycles. The fraction of sp³-hybridized carbons (Fsp3) is 0.450. The van der Waals surface area contributed by atoms with Crippen LogP contribution in [0, 0.1) is 6.92 Å². The summed E-state index contributed by atoms with van der Waals surface area (Å²) in [6, 6.07) is 3.57. The van der Waals surface area contributed by atoms with Gasteiger partial charge in [0.25, 0.3) is 0 Å². The van der Waals surface area contributed by atoms with Crippen LogP contribution in [0.4, 0.5) is 13.2 Å². The van der Waals surface area contributed by atoms with Crippen LogP contribution in [0.1, 0.15) is 52.5 Å². The van der Waals surface area contributed by atoms with Crippen molar-refractivity contribution in [3.05, 3.63) is 51.0 Å². The van der Waals surface area contributed by atoms with Crippen molar-refractivity contribution in [3.8, 4) is 0 Å². The van der Waals surface area contributed by atoms with Crippen molar-refractivity contribution in [2.75, 3.05) is 13.1 Å². The molecule has 1 aliphatic heterocycles. The Morgan fingerprint density at radius 2 is 2.03 bits per heavy atom. The summed E-state index contributed by atoms with van der Waals surface area (Å²) in [6.07, 6.45) is -4.67. The van der Waals surface area contributed by atoms with Crippen LogP contribution < -0.4 is 5.32 Å². The number of alkyl halides is 3. The van der Waals surface area contributed by atoms with Crippen LogP contribution in [0.15, 0.2) is 24.3 Å². The molecule has 1 aliphatic rings. The SMILES string of the molecule is Cc1sc(CC(=O)N2CCNC(=O)C2c2ccccc2C(F)(F)F)nc1C(C)C. The Labute approximate surface area is 170 Å². The molecule has 0 aliphatic carbocycles. The Kier molecular flexibility index (Phi) is 5.97. The zero-order chi connectivity index (χ0) is 21.3. The summed E-state index contributed by atoms with van der Waals surface area (Å²) < 4.78 is 40.5. The van der Waals surface area contributed by atoms with E-state index in [0.717, 1.165) is 16.6 Å². The van der Waals surface area contributed by atoms with E-state index in [1.807, 2.05) is 20.8 Å². The fourth-order valence-electron chi connectivity index (χ4n) is 3.55. The average molecular weight is 425 g/mol. The third-order valence-corrected chi connectivity index (χ3v) is 5.81. The van der Waals surface area contributed by atoms with Crippen molar-refractivity contribution in [1.29, 1.82) is 0 Å². The summed E-state index contributed by atoms with van der Waals surface area (Å²) in [6.45, 7) is 6.28. The zero-order valence-corrected chi connectivity index (χ0v) is 17.2. The highest BCUT2D eigenvalue weighted by Crippen LogP contribution is 2.37. The first-order valence-electron chi connectivity index (χ1n) is 9.29. The van der Waals surface area contributed by atoms with Gasteiger partial charge >= 0.3 is 6.18 Å². The van der Waals surface area contributed by atoms with E-state index in [4.69, 9.17) is 0 Å². The maximum atomic E-state index is 13.5. The molecule has 1 N–H and O–H groups in total. The molecule has 1 aromatic heterocycles. The summed E-state index contributed by atoms with van der Waals surface area (Å²) in [4.78, 5) is 32.2. The Balaban J connectivity index is 1.92. The number of piperazine rings is 1. The maximum Gasteiger partial charge on any atom is 0.416 e. The summed E-state index contributed by atoms with van der Waals surface area (Å²) in [5, 5.41) is 3.17. The Bertz CT molecular complexity index is 924. The number of amides is 2. The van der Waals surface area contributed by atoms with Gasteiger partial charge in [-0.25, -0.2) is 4.98 Å². The predicted octanol–water partition coefficient (Wildman–Crippen LogP) is 3.84. The van der Waals surface area contributed by atoms with Crippen LogP contribution in [0.5, 0.6) is 0 Å². The highest BCUT2D eigenvalue weighted by atomic mass is 32.1. The maximum absolute atomic E-state index is 13.5. The van der Waals surface area contributed by atoms with Gasteiger partial charge in [-0.3, -0.25) is 9.59 Å². The normalized spacial score (nSPS) is 17.6. The first kappa shape index (κ1) is 21.3. The Morgan fingerprint density at radius 3 is 2.66 bits per heavy atom. The number of aryl methyl sites for hydroxylation is 1. The van der Waals surface area contributed by atoms with Crippen molar-refractivity contribution in [1.82, 2.24) is 15.2 Å². The van der Waals surface area contributed by atoms with Crippen LogP contribution in [0.2, 0.25) is 0 Å². The second-order valence-electron chi connectivity index (χ2n) is 7.25. The third-order valence-electron chi connectivity index (χ3n) is 4.82. The largest absolute Gasteiger partial charge is 0.416 e. The van der Waals surface area contributed by atoms with Crippen LogP contribution >= 0.6 is 11.3 Å². The number of nitrogens with one attached hydrogen (secondary N) is 1. The van der Waals surface area contributed by atoms with Crippen molar-refractivity contribution in [2.45, 2.75) is 45.3 Å². The monoisotopic (exact) mass is 425 g/mol. The number of nitrogens with zero attached hydrogens (tertiary/aromatic N) is 2. The molecule has 0 spiro atoms. The first-order chi connectivity index (χ1) is 13.6. The number of halogens is 3. The molecule has 0 radical (unpaired) electrons. The minimum atomic E-state index is -4.62. The van der Waals surface area contributed by atoms with Crippen molar-refractivity contribution < 1.29 is 22.8 Å². The predicted molar refractivity (Wildman–Crippen MR) is 104 cm³/mol. The van der Waals surface area contributed by atoms with Gasteiger partial charge in [0, 0.05) is 18.0 Å². The van der Waals surface area contributed by atoms with E-state index >= 15 is 0 Å². The lowest BCUT2D eigenvalue weighted by atomic mass is 9.96. The van der Waals surface area contributed by atoms with Crippen molar-refractivity contribution >= 4 is 23.2 Å². The first-order valence-corrected chi connectivity index (χ1v) is 10.1. The smallest absolute Gasteiger partial charge is 0.352 e. The number of benzene rings is 1. The summed E-state index contributed by atoms with van der Waals surface area (Å²) >= 11 is 1.40. The summed E-state index contributed by atoms with van der Waals surface area (Å²) in [7, 11) is 0. The quantitative estimate of drug-likeness (QED) is 0.810. The Morgan fingerprint density at radius 1 is 1.34 bits per heavy atom. The second kappa shape index (κ2) is 8.14. The molecule has 9 heteroatoms. The van der Waals surface area contributed by atoms with Gasteiger partial charge in [0.15, 0.2) is 0 Å². The molecule has 2 aromatic rings. The Hall–Kier alpha value is -2.42. The number of carbonyl (C=O) groups excluding carboxylic acids is 2. The number of carbonyl (C=O) groups is 2. The minimum Gasteiger partial charge on any atom is -0.352 e. The molecule has 1 atom stereocenters. The van der Waals surface area contributed by atoms with Crippen LogP contribution in [-0.2, 0) is 22.2 Å². The van der Waals surface area contributed by atoms with Crippen molar-refractivity contribution in [2.24, 2.45) is 0 Å². The van der Waals surface area contributed by atoms with Gasteiger partial charge < -0.3 is 10.2 Å². The third kappa shape index (κ3) is 4.44. The summed E-state index contributed by atoms with van der Waals surface area (Å²) in [5.74, 6) is -0.812. The molecule has 0 saturated carbocycles. The highest BCUT2D eigenvalue weighted by molar-refractivity contribution is 7.11. The van der Waals surface area contributed by atoms with E-state index < -0.39 is 29.6 Å². The standard InChI is InChI=1S/C20H22F3N3O2S/c1-11(2)17-12(3)29-15(25-17)10-16(27)26-9-8-24-19(28)18(26)13-6-4-5-7-14(13)20(21,22)23/h4-7,11,18H,8-10H2,1-3H3,(H,24,28). The van der Waals surface area contributed by atoms with Gasteiger partial charge in [-0.15, -0.1) is 11.3 Å². The van der Waals surface area contributed by atoms with Crippen LogP contribution in [0.3, 0.4) is 0 Å². The zero-order valence-electron chi connectivity index (χ0n) is 16.3. The summed E-state index contributed by atoms with van der Waals surface area (Å²) in [5.41, 5.74) is -0.219. The molecular formula is C20H22F3N3O2S. The lowest BCUT2D eigenvalue weighted by Crippen LogP contribution is -2.53. The molecule has 0 bridgehead atoms. The molecule has 3 rings (SSSR count). The number of rotatable bonds is 4. The molecule has 1 unspecified atom stereocenters. The highest BCUT2D eigenvalue weighted by Gasteiger charge is 2.41.